The molecule has 0 heterocycles. The maximum absolute atomic E-state index is 11.9. The molecule has 0 saturated heterocycles. The first-order valence-corrected chi connectivity index (χ1v) is 6.17. The van der Waals surface area contributed by atoms with Crippen molar-refractivity contribution in [2.75, 3.05) is 25.2 Å². The summed E-state index contributed by atoms with van der Waals surface area (Å²) in [7, 11) is 1.39. The SMILES string of the molecule is COCC(=O)N(CCC(=O)O)c1cc(Cl)cc(Cl)c1. The first-order valence-electron chi connectivity index (χ1n) is 5.41. The van der Waals surface area contributed by atoms with E-state index in [2.05, 4.69) is 0 Å². The Kier molecular flexibility index (Phi) is 6.08. The normalized spacial score (nSPS) is 10.3. The summed E-state index contributed by atoms with van der Waals surface area (Å²) in [6.07, 6.45) is -0.181. The van der Waals surface area contributed by atoms with Crippen molar-refractivity contribution >= 4 is 40.8 Å². The Morgan fingerprint density at radius 1 is 1.26 bits per heavy atom. The van der Waals surface area contributed by atoms with E-state index >= 15 is 0 Å². The fourth-order valence-corrected chi connectivity index (χ4v) is 2.02. The molecule has 0 aliphatic carbocycles. The van der Waals surface area contributed by atoms with E-state index in [1.807, 2.05) is 0 Å². The smallest absolute Gasteiger partial charge is 0.305 e. The van der Waals surface area contributed by atoms with Gasteiger partial charge >= 0.3 is 5.97 Å². The molecular weight excluding hydrogens is 293 g/mol. The van der Waals surface area contributed by atoms with Crippen molar-refractivity contribution in [3.63, 3.8) is 0 Å². The van der Waals surface area contributed by atoms with Gasteiger partial charge in [-0.25, -0.2) is 0 Å². The van der Waals surface area contributed by atoms with Crippen LogP contribution in [0.15, 0.2) is 18.2 Å². The predicted octanol–water partition coefficient (Wildman–Crippen LogP) is 2.45. The Hall–Kier alpha value is -1.30. The minimum Gasteiger partial charge on any atom is -0.481 e. The van der Waals surface area contributed by atoms with Crippen LogP contribution in [0.2, 0.25) is 10.0 Å². The van der Waals surface area contributed by atoms with Crippen molar-refractivity contribution in [1.29, 1.82) is 0 Å². The number of rotatable bonds is 6. The highest BCUT2D eigenvalue weighted by molar-refractivity contribution is 6.35. The Labute approximate surface area is 120 Å². The Bertz CT molecular complexity index is 459. The molecule has 19 heavy (non-hydrogen) atoms. The molecule has 0 atom stereocenters. The summed E-state index contributed by atoms with van der Waals surface area (Å²) >= 11 is 11.7. The molecule has 104 valence electrons. The first-order chi connectivity index (χ1) is 8.93. The van der Waals surface area contributed by atoms with Crippen molar-refractivity contribution in [3.05, 3.63) is 28.2 Å². The molecule has 0 fully saturated rings. The van der Waals surface area contributed by atoms with Crippen LogP contribution in [0.25, 0.3) is 0 Å². The summed E-state index contributed by atoms with van der Waals surface area (Å²) < 4.78 is 4.77. The van der Waals surface area contributed by atoms with E-state index < -0.39 is 5.97 Å². The minimum absolute atomic E-state index is 0.0220. The molecule has 0 saturated carbocycles. The average molecular weight is 306 g/mol. The largest absolute Gasteiger partial charge is 0.481 e. The van der Waals surface area contributed by atoms with Crippen LogP contribution in [0.5, 0.6) is 0 Å². The monoisotopic (exact) mass is 305 g/mol. The molecule has 0 spiro atoms. The molecule has 0 aliphatic rings. The number of carboxylic acids is 1. The molecule has 0 radical (unpaired) electrons. The van der Waals surface area contributed by atoms with Crippen LogP contribution in [0.3, 0.4) is 0 Å². The number of halogens is 2. The van der Waals surface area contributed by atoms with Crippen LogP contribution in [-0.4, -0.2) is 37.2 Å². The van der Waals surface area contributed by atoms with Crippen LogP contribution in [-0.2, 0) is 14.3 Å². The van der Waals surface area contributed by atoms with Crippen molar-refractivity contribution in [2.24, 2.45) is 0 Å². The van der Waals surface area contributed by atoms with Gasteiger partial charge in [0, 0.05) is 29.4 Å². The van der Waals surface area contributed by atoms with Crippen molar-refractivity contribution in [1.82, 2.24) is 0 Å². The standard InChI is InChI=1S/C12H13Cl2NO4/c1-19-7-11(16)15(3-2-12(17)18)10-5-8(13)4-9(14)6-10/h4-6H,2-3,7H2,1H3,(H,17,18). The summed E-state index contributed by atoms with van der Waals surface area (Å²) in [6.45, 7) is -0.127. The quantitative estimate of drug-likeness (QED) is 0.876. The highest BCUT2D eigenvalue weighted by atomic mass is 35.5. The van der Waals surface area contributed by atoms with Gasteiger partial charge in [-0.15, -0.1) is 0 Å². The van der Waals surface area contributed by atoms with Gasteiger partial charge in [0.15, 0.2) is 0 Å². The lowest BCUT2D eigenvalue weighted by Crippen LogP contribution is -2.35. The number of methoxy groups -OCH3 is 1. The van der Waals surface area contributed by atoms with Crippen LogP contribution >= 0.6 is 23.2 Å². The van der Waals surface area contributed by atoms with Crippen LogP contribution in [0.1, 0.15) is 6.42 Å². The molecule has 1 amide bonds. The summed E-state index contributed by atoms with van der Waals surface area (Å²) in [5, 5.41) is 9.45. The molecule has 5 nitrogen and oxygen atoms in total. The molecule has 1 aromatic carbocycles. The number of ether oxygens (including phenoxy) is 1. The lowest BCUT2D eigenvalue weighted by atomic mass is 10.2. The maximum atomic E-state index is 11.9. The molecule has 0 bridgehead atoms. The third-order valence-corrected chi connectivity index (χ3v) is 2.71. The zero-order valence-electron chi connectivity index (χ0n) is 10.2. The number of hydrogen-bond donors (Lipinski definition) is 1. The average Bonchev–Trinajstić information content (AvgIpc) is 2.27. The molecule has 1 aromatic rings. The highest BCUT2D eigenvalue weighted by Crippen LogP contribution is 2.25. The van der Waals surface area contributed by atoms with Crippen molar-refractivity contribution < 1.29 is 19.4 Å². The summed E-state index contributed by atoms with van der Waals surface area (Å²) in [4.78, 5) is 23.8. The van der Waals surface area contributed by atoms with Gasteiger partial charge in [-0.2, -0.15) is 0 Å². The van der Waals surface area contributed by atoms with Gasteiger partial charge in [0.1, 0.15) is 6.61 Å². The lowest BCUT2D eigenvalue weighted by Gasteiger charge is -2.22. The van der Waals surface area contributed by atoms with E-state index in [0.29, 0.717) is 15.7 Å². The number of aliphatic carboxylic acids is 1. The summed E-state index contributed by atoms with van der Waals surface area (Å²) in [5.74, 6) is -1.36. The lowest BCUT2D eigenvalue weighted by molar-refractivity contribution is -0.136. The number of amides is 1. The second-order valence-electron chi connectivity index (χ2n) is 3.75. The molecule has 1 rings (SSSR count). The maximum Gasteiger partial charge on any atom is 0.305 e. The molecule has 0 aromatic heterocycles. The van der Waals surface area contributed by atoms with E-state index in [9.17, 15) is 9.59 Å². The number of anilines is 1. The van der Waals surface area contributed by atoms with E-state index in [0.717, 1.165) is 0 Å². The molecule has 0 unspecified atom stereocenters. The third-order valence-electron chi connectivity index (χ3n) is 2.28. The highest BCUT2D eigenvalue weighted by Gasteiger charge is 2.17. The van der Waals surface area contributed by atoms with Gasteiger partial charge in [-0.3, -0.25) is 9.59 Å². The second-order valence-corrected chi connectivity index (χ2v) is 4.62. The minimum atomic E-state index is -0.997. The topological polar surface area (TPSA) is 66.8 Å². The van der Waals surface area contributed by atoms with Crippen LogP contribution in [0.4, 0.5) is 5.69 Å². The number of carbonyl (C=O) groups excluding carboxylic acids is 1. The molecule has 0 aliphatic heterocycles. The first kappa shape index (κ1) is 15.8. The van der Waals surface area contributed by atoms with Crippen molar-refractivity contribution in [3.8, 4) is 0 Å². The third kappa shape index (κ3) is 5.06. The van der Waals surface area contributed by atoms with Crippen LogP contribution in [0, 0.1) is 0 Å². The zero-order chi connectivity index (χ0) is 14.4. The fourth-order valence-electron chi connectivity index (χ4n) is 1.50. The number of benzene rings is 1. The Morgan fingerprint density at radius 2 is 1.84 bits per heavy atom. The number of carboxylic acid groups (broad SMARTS) is 1. The van der Waals surface area contributed by atoms with E-state index in [-0.39, 0.29) is 25.5 Å². The van der Waals surface area contributed by atoms with E-state index in [4.69, 9.17) is 33.0 Å². The Balaban J connectivity index is 2.99. The number of carbonyl (C=O) groups is 2. The molecule has 1 N–H and O–H groups in total. The second kappa shape index (κ2) is 7.33. The Morgan fingerprint density at radius 3 is 2.32 bits per heavy atom. The van der Waals surface area contributed by atoms with Gasteiger partial charge in [-0.05, 0) is 18.2 Å². The number of nitrogens with zero attached hydrogens (tertiary/aromatic N) is 1. The molecule has 7 heteroatoms. The van der Waals surface area contributed by atoms with Gasteiger partial charge in [0.25, 0.3) is 5.91 Å². The zero-order valence-corrected chi connectivity index (χ0v) is 11.7. The van der Waals surface area contributed by atoms with Gasteiger partial charge in [0.05, 0.1) is 6.42 Å². The van der Waals surface area contributed by atoms with Crippen LogP contribution < -0.4 is 4.90 Å². The van der Waals surface area contributed by atoms with Gasteiger partial charge in [0.2, 0.25) is 0 Å². The fraction of sp³-hybridized carbons (Fsp3) is 0.333. The summed E-state index contributed by atoms with van der Waals surface area (Å²) in [6, 6.07) is 4.62. The van der Waals surface area contributed by atoms with Gasteiger partial charge < -0.3 is 14.7 Å². The van der Waals surface area contributed by atoms with E-state index in [1.54, 1.807) is 12.1 Å². The number of hydrogen-bond acceptors (Lipinski definition) is 3. The van der Waals surface area contributed by atoms with Gasteiger partial charge in [-0.1, -0.05) is 23.2 Å². The van der Waals surface area contributed by atoms with E-state index in [1.165, 1.54) is 18.1 Å². The predicted molar refractivity (Wildman–Crippen MR) is 72.9 cm³/mol. The molecular formula is C12H13Cl2NO4. The summed E-state index contributed by atoms with van der Waals surface area (Å²) in [5.41, 5.74) is 0.445. The van der Waals surface area contributed by atoms with Crippen molar-refractivity contribution in [2.45, 2.75) is 6.42 Å².